The van der Waals surface area contributed by atoms with Crippen LogP contribution in [0.1, 0.15) is 25.0 Å². The molecule has 7 aromatic rings. The van der Waals surface area contributed by atoms with Gasteiger partial charge in [0.05, 0.1) is 5.52 Å². The first kappa shape index (κ1) is 20.6. The number of hydrogen-bond donors (Lipinski definition) is 0. The van der Waals surface area contributed by atoms with E-state index >= 15 is 0 Å². The maximum Gasteiger partial charge on any atom is 0.143 e. The number of nitrogens with zero attached hydrogens (tertiary/aromatic N) is 1. The zero-order valence-electron chi connectivity index (χ0n) is 20.8. The molecule has 5 aromatic carbocycles. The second kappa shape index (κ2) is 7.24. The van der Waals surface area contributed by atoms with E-state index in [0.717, 1.165) is 27.5 Å². The van der Waals surface area contributed by atoms with Gasteiger partial charge in [0.15, 0.2) is 0 Å². The molecule has 0 unspecified atom stereocenters. The molecule has 8 rings (SSSR count). The van der Waals surface area contributed by atoms with Gasteiger partial charge in [-0.2, -0.15) is 0 Å². The van der Waals surface area contributed by atoms with Crippen LogP contribution in [0, 0.1) is 0 Å². The fourth-order valence-electron chi connectivity index (χ4n) is 6.37. The van der Waals surface area contributed by atoms with Crippen molar-refractivity contribution in [1.82, 2.24) is 4.57 Å². The van der Waals surface area contributed by atoms with E-state index in [0.29, 0.717) is 0 Å². The van der Waals surface area contributed by atoms with Gasteiger partial charge < -0.3 is 8.98 Å². The minimum absolute atomic E-state index is 0.0236. The van der Waals surface area contributed by atoms with Crippen molar-refractivity contribution < 1.29 is 4.42 Å². The van der Waals surface area contributed by atoms with Gasteiger partial charge in [-0.25, -0.2) is 0 Å². The Morgan fingerprint density at radius 3 is 2.35 bits per heavy atom. The Kier molecular flexibility index (Phi) is 4.03. The number of rotatable bonds is 2. The fourth-order valence-corrected chi connectivity index (χ4v) is 6.37. The molecule has 2 aromatic heterocycles. The lowest BCUT2D eigenvalue weighted by Gasteiger charge is -2.21. The van der Waals surface area contributed by atoms with E-state index in [-0.39, 0.29) is 5.41 Å². The number of hydrogen-bond acceptors (Lipinski definition) is 1. The molecule has 1 aliphatic carbocycles. The van der Waals surface area contributed by atoms with E-state index in [1.807, 2.05) is 12.1 Å². The summed E-state index contributed by atoms with van der Waals surface area (Å²) < 4.78 is 8.61. The minimum atomic E-state index is 0.0236. The van der Waals surface area contributed by atoms with Crippen LogP contribution in [-0.2, 0) is 5.41 Å². The molecule has 0 N–H and O–H groups in total. The van der Waals surface area contributed by atoms with Crippen molar-refractivity contribution in [2.75, 3.05) is 0 Å². The largest absolute Gasteiger partial charge is 0.455 e. The van der Waals surface area contributed by atoms with Crippen LogP contribution in [-0.4, -0.2) is 4.57 Å². The summed E-state index contributed by atoms with van der Waals surface area (Å²) >= 11 is 0. The van der Waals surface area contributed by atoms with Crippen molar-refractivity contribution >= 4 is 32.8 Å². The third-order valence-electron chi connectivity index (χ3n) is 8.25. The van der Waals surface area contributed by atoms with Crippen LogP contribution in [0.25, 0.3) is 60.8 Å². The molecule has 37 heavy (non-hydrogen) atoms. The molecular weight excluding hydrogens is 450 g/mol. The zero-order chi connectivity index (χ0) is 24.7. The second-order valence-corrected chi connectivity index (χ2v) is 10.6. The molecular formula is C35H25NO. The lowest BCUT2D eigenvalue weighted by molar-refractivity contribution is 0.660. The molecule has 0 saturated heterocycles. The van der Waals surface area contributed by atoms with E-state index in [1.54, 1.807) is 0 Å². The zero-order valence-corrected chi connectivity index (χ0v) is 20.8. The van der Waals surface area contributed by atoms with Gasteiger partial charge in [-0.3, -0.25) is 0 Å². The first-order chi connectivity index (χ1) is 18.1. The fraction of sp³-hybridized carbons (Fsp3) is 0.0857. The number of furan rings is 1. The number of aromatic nitrogens is 1. The summed E-state index contributed by atoms with van der Waals surface area (Å²) in [5.41, 5.74) is 12.1. The van der Waals surface area contributed by atoms with Gasteiger partial charge in [0.2, 0.25) is 0 Å². The molecule has 0 radical (unpaired) electrons. The molecule has 1 aliphatic rings. The van der Waals surface area contributed by atoms with Crippen LogP contribution in [0.5, 0.6) is 0 Å². The van der Waals surface area contributed by atoms with Gasteiger partial charge in [0, 0.05) is 39.0 Å². The molecule has 2 heteroatoms. The second-order valence-electron chi connectivity index (χ2n) is 10.6. The van der Waals surface area contributed by atoms with Crippen molar-refractivity contribution in [2.45, 2.75) is 19.3 Å². The average Bonchev–Trinajstić information content (AvgIpc) is 3.59. The number of fused-ring (bicyclic) bond motifs is 7. The summed E-state index contributed by atoms with van der Waals surface area (Å²) in [6, 6.07) is 39.4. The molecule has 0 amide bonds. The summed E-state index contributed by atoms with van der Waals surface area (Å²) in [4.78, 5) is 0. The highest BCUT2D eigenvalue weighted by Crippen LogP contribution is 2.49. The first-order valence-electron chi connectivity index (χ1n) is 12.9. The third kappa shape index (κ3) is 2.81. The summed E-state index contributed by atoms with van der Waals surface area (Å²) in [6.07, 6.45) is 2.18. The number of benzene rings is 5. The molecule has 0 aliphatic heterocycles. The van der Waals surface area contributed by atoms with Crippen LogP contribution < -0.4 is 0 Å². The monoisotopic (exact) mass is 475 g/mol. The van der Waals surface area contributed by atoms with Crippen molar-refractivity contribution in [2.24, 2.45) is 0 Å². The Balaban J connectivity index is 1.26. The van der Waals surface area contributed by atoms with Crippen LogP contribution in [0.15, 0.2) is 120 Å². The van der Waals surface area contributed by atoms with Gasteiger partial charge in [0.1, 0.15) is 11.2 Å². The van der Waals surface area contributed by atoms with Gasteiger partial charge in [-0.05, 0) is 64.2 Å². The lowest BCUT2D eigenvalue weighted by atomic mass is 9.82. The Morgan fingerprint density at radius 1 is 0.622 bits per heavy atom. The van der Waals surface area contributed by atoms with Gasteiger partial charge in [0.25, 0.3) is 0 Å². The molecule has 0 saturated carbocycles. The molecule has 0 spiro atoms. The van der Waals surface area contributed by atoms with Crippen LogP contribution >= 0.6 is 0 Å². The van der Waals surface area contributed by atoms with Crippen LogP contribution in [0.3, 0.4) is 0 Å². The summed E-state index contributed by atoms with van der Waals surface area (Å²) in [7, 11) is 0. The third-order valence-corrected chi connectivity index (χ3v) is 8.25. The lowest BCUT2D eigenvalue weighted by Crippen LogP contribution is -2.14. The smallest absolute Gasteiger partial charge is 0.143 e. The molecule has 0 bridgehead atoms. The van der Waals surface area contributed by atoms with Crippen molar-refractivity contribution in [3.05, 3.63) is 127 Å². The van der Waals surface area contributed by atoms with Gasteiger partial charge >= 0.3 is 0 Å². The Morgan fingerprint density at radius 2 is 1.41 bits per heavy atom. The highest BCUT2D eigenvalue weighted by Gasteiger charge is 2.35. The predicted octanol–water partition coefficient (Wildman–Crippen LogP) is 9.50. The highest BCUT2D eigenvalue weighted by molar-refractivity contribution is 6.10. The molecule has 2 nitrogen and oxygen atoms in total. The quantitative estimate of drug-likeness (QED) is 0.243. The van der Waals surface area contributed by atoms with E-state index in [1.165, 1.54) is 44.4 Å². The molecule has 0 fully saturated rings. The average molecular weight is 476 g/mol. The Hall–Kier alpha value is -4.56. The van der Waals surface area contributed by atoms with Gasteiger partial charge in [-0.15, -0.1) is 0 Å². The SMILES string of the molecule is CC1(C)c2ccccc2-c2cc(-n3ccc4cc(-c5cccc6c5oc5ccccc56)ccc43)ccc21. The Labute approximate surface area is 215 Å². The summed E-state index contributed by atoms with van der Waals surface area (Å²) in [5, 5.41) is 3.53. The van der Waals surface area contributed by atoms with Crippen molar-refractivity contribution in [1.29, 1.82) is 0 Å². The van der Waals surface area contributed by atoms with Crippen LogP contribution in [0.4, 0.5) is 0 Å². The highest BCUT2D eigenvalue weighted by atomic mass is 16.3. The van der Waals surface area contributed by atoms with Gasteiger partial charge in [-0.1, -0.05) is 86.6 Å². The molecule has 2 heterocycles. The van der Waals surface area contributed by atoms with Crippen molar-refractivity contribution in [3.63, 3.8) is 0 Å². The van der Waals surface area contributed by atoms with Crippen LogP contribution in [0.2, 0.25) is 0 Å². The molecule has 0 atom stereocenters. The summed E-state index contributed by atoms with van der Waals surface area (Å²) in [5.74, 6) is 0. The van der Waals surface area contributed by atoms with E-state index in [2.05, 4.69) is 122 Å². The van der Waals surface area contributed by atoms with E-state index < -0.39 is 0 Å². The van der Waals surface area contributed by atoms with Crippen molar-refractivity contribution in [3.8, 4) is 27.9 Å². The first-order valence-corrected chi connectivity index (χ1v) is 12.9. The summed E-state index contributed by atoms with van der Waals surface area (Å²) in [6.45, 7) is 4.65. The van der Waals surface area contributed by atoms with E-state index in [9.17, 15) is 0 Å². The normalized spacial score (nSPS) is 13.9. The molecule has 176 valence electrons. The predicted molar refractivity (Wildman–Crippen MR) is 154 cm³/mol. The maximum atomic E-state index is 6.31. The Bertz CT molecular complexity index is 2020. The number of para-hydroxylation sites is 2. The standard InChI is InChI=1S/C35H25NO/c1-35(2)30-12-5-3-8-26(30)29-21-24(15-16-31(29)35)36-19-18-23-20-22(14-17-32(23)36)25-10-7-11-28-27-9-4-6-13-33(27)37-34(25)28/h3-21H,1-2H3. The minimum Gasteiger partial charge on any atom is -0.455 e. The maximum absolute atomic E-state index is 6.31. The topological polar surface area (TPSA) is 18.1 Å². The van der Waals surface area contributed by atoms with E-state index in [4.69, 9.17) is 4.42 Å².